The van der Waals surface area contributed by atoms with Crippen molar-refractivity contribution < 1.29 is 22.4 Å². The maximum Gasteiger partial charge on any atom is 3.00 e. The van der Waals surface area contributed by atoms with Crippen molar-refractivity contribution in [1.82, 2.24) is 9.80 Å². The molecular weight excluding hydrogens is 545 g/mol. The molecule has 0 aliphatic rings. The molecule has 1 rings (SSSR count). The smallest absolute Gasteiger partial charge is 0.411 e. The van der Waals surface area contributed by atoms with Gasteiger partial charge in [-0.2, -0.15) is 36.4 Å². The molecule has 134 valence electrons. The first-order chi connectivity index (χ1) is 10.4. The first kappa shape index (κ1) is 28.0. The van der Waals surface area contributed by atoms with Crippen molar-refractivity contribution in [3.05, 3.63) is 36.4 Å². The average molecular weight is 571 g/mol. The van der Waals surface area contributed by atoms with E-state index >= 15 is 0 Å². The first-order valence-electron chi connectivity index (χ1n) is 7.27. The second-order valence-corrected chi connectivity index (χ2v) is 6.02. The molecule has 0 saturated carbocycles. The van der Waals surface area contributed by atoms with Gasteiger partial charge in [-0.1, -0.05) is 8.64 Å². The van der Waals surface area contributed by atoms with Crippen molar-refractivity contribution in [3.8, 4) is 0 Å². The van der Waals surface area contributed by atoms with E-state index in [-0.39, 0.29) is 22.4 Å². The molecule has 23 heavy (non-hydrogen) atoms. The maximum absolute atomic E-state index is 4.76. The minimum Gasteiger partial charge on any atom is -0.411 e. The van der Waals surface area contributed by atoms with Gasteiger partial charge in [0, 0.05) is 26.2 Å². The number of nitrogens with zero attached hydrogens (tertiary/aromatic N) is 2. The van der Waals surface area contributed by atoms with Gasteiger partial charge in [0.25, 0.3) is 0 Å². The molecule has 0 radical (unpaired) electrons. The van der Waals surface area contributed by atoms with Crippen molar-refractivity contribution in [2.45, 2.75) is 27.7 Å². The number of benzene rings is 1. The van der Waals surface area contributed by atoms with Crippen molar-refractivity contribution in [3.63, 3.8) is 0 Å². The minimum absolute atomic E-state index is 0. The normalized spacial score (nSPS) is 8.17. The van der Waals surface area contributed by atoms with Gasteiger partial charge in [0.05, 0.1) is 0 Å². The predicted octanol–water partition coefficient (Wildman–Crippen LogP) is 3.80. The summed E-state index contributed by atoms with van der Waals surface area (Å²) in [4.78, 5) is 3.93. The molecule has 1 aromatic carbocycles. The van der Waals surface area contributed by atoms with Gasteiger partial charge in [0.2, 0.25) is 0 Å². The fourth-order valence-electron chi connectivity index (χ4n) is 1.31. The van der Waals surface area contributed by atoms with Crippen LogP contribution in [-0.4, -0.2) is 44.6 Å². The van der Waals surface area contributed by atoms with Gasteiger partial charge in [0.1, 0.15) is 0 Å². The number of thiocarbonyl (C=S) groups is 2. The summed E-state index contributed by atoms with van der Waals surface area (Å²) in [6.07, 6.45) is 0. The van der Waals surface area contributed by atoms with E-state index in [0.717, 1.165) is 26.2 Å². The molecule has 0 heterocycles. The molecule has 7 heteroatoms. The molecule has 0 aromatic heterocycles. The Bertz CT molecular complexity index is 334. The van der Waals surface area contributed by atoms with Crippen molar-refractivity contribution in [1.29, 1.82) is 0 Å². The summed E-state index contributed by atoms with van der Waals surface area (Å²) >= 11 is 19.0. The van der Waals surface area contributed by atoms with E-state index in [1.54, 1.807) is 0 Å². The van der Waals surface area contributed by atoms with Gasteiger partial charge < -0.3 is 59.5 Å². The molecule has 1 aromatic rings. The number of rotatable bonds is 4. The largest absolute Gasteiger partial charge is 3.00 e. The molecule has 0 bridgehead atoms. The maximum atomic E-state index is 4.76. The molecule has 0 atom stereocenters. The Balaban J connectivity index is -0.000000257. The third-order valence-electron chi connectivity index (χ3n) is 2.65. The quantitative estimate of drug-likeness (QED) is 0.234. The van der Waals surface area contributed by atoms with E-state index in [1.807, 2.05) is 67.8 Å². The summed E-state index contributed by atoms with van der Waals surface area (Å²) in [5, 5.41) is 0. The summed E-state index contributed by atoms with van der Waals surface area (Å²) in [7, 11) is 0. The SMILES string of the molecule is CCN(CC)C(=S)[S-].CCN(CC)C(=S)[S-].[Au+3].[c-]1ccccc1. The van der Waals surface area contributed by atoms with E-state index in [1.165, 1.54) is 0 Å². The van der Waals surface area contributed by atoms with Crippen LogP contribution in [0.3, 0.4) is 0 Å². The Morgan fingerprint density at radius 3 is 1.13 bits per heavy atom. The molecule has 0 fully saturated rings. The van der Waals surface area contributed by atoms with Crippen LogP contribution >= 0.6 is 24.4 Å². The minimum atomic E-state index is 0. The molecule has 2 nitrogen and oxygen atoms in total. The Hall–Kier alpha value is 0.180. The molecule has 0 saturated heterocycles. The van der Waals surface area contributed by atoms with Crippen LogP contribution in [-0.2, 0) is 47.6 Å². The summed E-state index contributed by atoms with van der Waals surface area (Å²) in [6, 6.07) is 12.5. The third-order valence-corrected chi connectivity index (χ3v) is 3.68. The first-order valence-corrected chi connectivity index (χ1v) is 8.90. The predicted molar refractivity (Wildman–Crippen MR) is 111 cm³/mol. The Morgan fingerprint density at radius 1 is 0.783 bits per heavy atom. The van der Waals surface area contributed by atoms with Crippen molar-refractivity contribution >= 4 is 58.3 Å². The van der Waals surface area contributed by atoms with Crippen molar-refractivity contribution in [2.75, 3.05) is 26.2 Å². The monoisotopic (exact) mass is 570 g/mol. The van der Waals surface area contributed by atoms with Crippen LogP contribution < -0.4 is 0 Å². The van der Waals surface area contributed by atoms with Gasteiger partial charge in [-0.15, -0.1) is 0 Å². The Morgan fingerprint density at radius 2 is 1.09 bits per heavy atom. The molecule has 0 N–H and O–H groups in total. The van der Waals surface area contributed by atoms with E-state index < -0.39 is 0 Å². The van der Waals surface area contributed by atoms with Crippen LogP contribution in [0, 0.1) is 6.07 Å². The fraction of sp³-hybridized carbons (Fsp3) is 0.500. The van der Waals surface area contributed by atoms with Gasteiger partial charge >= 0.3 is 22.4 Å². The van der Waals surface area contributed by atoms with Crippen LogP contribution in [0.5, 0.6) is 0 Å². The van der Waals surface area contributed by atoms with Crippen LogP contribution in [0.15, 0.2) is 30.3 Å². The van der Waals surface area contributed by atoms with Crippen LogP contribution in [0.4, 0.5) is 0 Å². The van der Waals surface area contributed by atoms with Gasteiger partial charge in [-0.3, -0.25) is 0 Å². The number of hydrogen-bond acceptors (Lipinski definition) is 4. The van der Waals surface area contributed by atoms with E-state index in [2.05, 4.69) is 6.07 Å². The molecular formula is C16H25AuN2S4. The summed E-state index contributed by atoms with van der Waals surface area (Å²) in [5.74, 6) is 0. The zero-order chi connectivity index (χ0) is 17.4. The second-order valence-electron chi connectivity index (χ2n) is 3.95. The average Bonchev–Trinajstić information content (AvgIpc) is 2.52. The van der Waals surface area contributed by atoms with Gasteiger partial charge in [0.15, 0.2) is 0 Å². The van der Waals surface area contributed by atoms with Crippen LogP contribution in [0.1, 0.15) is 27.7 Å². The van der Waals surface area contributed by atoms with E-state index in [4.69, 9.17) is 49.7 Å². The third kappa shape index (κ3) is 18.4. The summed E-state index contributed by atoms with van der Waals surface area (Å²) < 4.78 is 1.16. The number of hydrogen-bond donors (Lipinski definition) is 0. The molecule has 0 aliphatic heterocycles. The van der Waals surface area contributed by atoms with Crippen molar-refractivity contribution in [2.24, 2.45) is 0 Å². The van der Waals surface area contributed by atoms with Crippen LogP contribution in [0.25, 0.3) is 0 Å². The molecule has 0 amide bonds. The molecule has 0 unspecified atom stereocenters. The summed E-state index contributed by atoms with van der Waals surface area (Å²) in [5.41, 5.74) is 0. The fourth-order valence-corrected chi connectivity index (χ4v) is 2.34. The van der Waals surface area contributed by atoms with E-state index in [0.29, 0.717) is 8.64 Å². The second kappa shape index (κ2) is 20.2. The summed E-state index contributed by atoms with van der Waals surface area (Å²) in [6.45, 7) is 11.9. The standard InChI is InChI=1S/C6H5.2C5H11NS2.Au/c1-2-4-6-5-3-1;2*1-3-6(4-2)5(7)8;/h1-5H;2*3-4H2,1-2H3,(H,7,8);/q-1;;;+3/p-2. The van der Waals surface area contributed by atoms with Gasteiger partial charge in [-0.25, -0.2) is 0 Å². The Labute approximate surface area is 179 Å². The Kier molecular flexibility index (Phi) is 24.6. The molecule has 0 aliphatic carbocycles. The zero-order valence-electron chi connectivity index (χ0n) is 14.0. The zero-order valence-corrected chi connectivity index (χ0v) is 19.5. The molecule has 0 spiro atoms. The van der Waals surface area contributed by atoms with E-state index in [9.17, 15) is 0 Å². The van der Waals surface area contributed by atoms with Crippen LogP contribution in [0.2, 0.25) is 0 Å². The topological polar surface area (TPSA) is 6.48 Å². The van der Waals surface area contributed by atoms with Gasteiger partial charge in [-0.05, 0) is 27.7 Å².